The molecule has 4 aromatic rings. The second-order valence-corrected chi connectivity index (χ2v) is 8.53. The van der Waals surface area contributed by atoms with Crippen LogP contribution >= 0.6 is 23.4 Å². The fourth-order valence-corrected chi connectivity index (χ4v) is 4.01. The molecule has 0 spiro atoms. The summed E-state index contributed by atoms with van der Waals surface area (Å²) in [5, 5.41) is 12.2. The van der Waals surface area contributed by atoms with E-state index in [2.05, 4.69) is 15.5 Å². The average Bonchev–Trinajstić information content (AvgIpc) is 3.40. The number of amides is 2. The van der Waals surface area contributed by atoms with Gasteiger partial charge < -0.3 is 4.57 Å². The molecule has 0 saturated heterocycles. The summed E-state index contributed by atoms with van der Waals surface area (Å²) in [4.78, 5) is 24.7. The number of carbonyl (C=O) groups is 2. The molecule has 0 aliphatic rings. The van der Waals surface area contributed by atoms with Gasteiger partial charge in [0.2, 0.25) is 5.91 Å². The molecule has 1 N–H and O–H groups in total. The number of hydrogen-bond donors (Lipinski definition) is 1. The summed E-state index contributed by atoms with van der Waals surface area (Å²) in [5.41, 5.74) is 3.25. The van der Waals surface area contributed by atoms with Crippen molar-refractivity contribution < 1.29 is 9.59 Å². The molecule has 2 amide bonds. The normalized spacial score (nSPS) is 10.8. The van der Waals surface area contributed by atoms with Crippen molar-refractivity contribution >= 4 is 35.2 Å². The van der Waals surface area contributed by atoms with E-state index in [0.29, 0.717) is 21.7 Å². The van der Waals surface area contributed by atoms with E-state index in [9.17, 15) is 9.59 Å². The van der Waals surface area contributed by atoms with Crippen LogP contribution in [0.25, 0.3) is 17.1 Å². The van der Waals surface area contributed by atoms with Crippen molar-refractivity contribution in [1.82, 2.24) is 24.6 Å². The molecular weight excluding hydrogens is 446 g/mol. The molecule has 0 fully saturated rings. The van der Waals surface area contributed by atoms with Gasteiger partial charge in [0, 0.05) is 29.5 Å². The number of hydrogen-bond acceptors (Lipinski definition) is 5. The molecule has 32 heavy (non-hydrogen) atoms. The molecule has 0 aliphatic heterocycles. The molecule has 2 heterocycles. The summed E-state index contributed by atoms with van der Waals surface area (Å²) >= 11 is 7.24. The van der Waals surface area contributed by atoms with Crippen molar-refractivity contribution in [2.75, 3.05) is 5.75 Å². The van der Waals surface area contributed by atoms with Gasteiger partial charge in [-0.25, -0.2) is 0 Å². The van der Waals surface area contributed by atoms with Gasteiger partial charge in [0.1, 0.15) is 5.69 Å². The van der Waals surface area contributed by atoms with Crippen LogP contribution < -0.4 is 5.32 Å². The predicted octanol–water partition coefficient (Wildman–Crippen LogP) is 4.28. The lowest BCUT2D eigenvalue weighted by atomic mass is 10.2. The van der Waals surface area contributed by atoms with Crippen LogP contribution in [0.4, 0.5) is 0 Å². The summed E-state index contributed by atoms with van der Waals surface area (Å²) in [6, 6.07) is 18.7. The Labute approximate surface area is 194 Å². The van der Waals surface area contributed by atoms with E-state index in [4.69, 9.17) is 11.6 Å². The lowest BCUT2D eigenvalue weighted by molar-refractivity contribution is -0.117. The van der Waals surface area contributed by atoms with Crippen molar-refractivity contribution in [3.05, 3.63) is 83.1 Å². The molecular formula is C23H20ClN5O2S. The summed E-state index contributed by atoms with van der Waals surface area (Å²) in [5.74, 6) is -0.202. The van der Waals surface area contributed by atoms with Crippen LogP contribution in [0, 0.1) is 6.92 Å². The van der Waals surface area contributed by atoms with Crippen LogP contribution in [0.15, 0.2) is 72.0 Å². The second kappa shape index (κ2) is 9.42. The van der Waals surface area contributed by atoms with Crippen LogP contribution in [0.1, 0.15) is 16.1 Å². The molecule has 0 unspecified atom stereocenters. The fraction of sp³-hybridized carbons (Fsp3) is 0.130. The van der Waals surface area contributed by atoms with Crippen LogP contribution in [0.5, 0.6) is 0 Å². The summed E-state index contributed by atoms with van der Waals surface area (Å²) in [7, 11) is 1.75. The molecule has 7 nitrogen and oxygen atoms in total. The van der Waals surface area contributed by atoms with Gasteiger partial charge >= 0.3 is 0 Å². The molecule has 162 valence electrons. The maximum Gasteiger partial charge on any atom is 0.274 e. The van der Waals surface area contributed by atoms with Crippen LogP contribution in [-0.4, -0.2) is 36.9 Å². The largest absolute Gasteiger partial charge is 0.347 e. The molecule has 0 saturated carbocycles. The minimum Gasteiger partial charge on any atom is -0.347 e. The number of rotatable bonds is 6. The van der Waals surface area contributed by atoms with Gasteiger partial charge in [0.05, 0.1) is 5.75 Å². The van der Waals surface area contributed by atoms with Crippen molar-refractivity contribution in [3.63, 3.8) is 0 Å². The molecule has 4 rings (SSSR count). The molecule has 2 aromatic carbocycles. The van der Waals surface area contributed by atoms with Crippen molar-refractivity contribution in [3.8, 4) is 17.1 Å². The summed E-state index contributed by atoms with van der Waals surface area (Å²) < 4.78 is 3.54. The smallest absolute Gasteiger partial charge is 0.274 e. The van der Waals surface area contributed by atoms with Gasteiger partial charge in [-0.1, -0.05) is 41.1 Å². The predicted molar refractivity (Wildman–Crippen MR) is 125 cm³/mol. The lowest BCUT2D eigenvalue weighted by Gasteiger charge is -2.11. The molecule has 0 atom stereocenters. The Bertz CT molecular complexity index is 1260. The van der Waals surface area contributed by atoms with Crippen molar-refractivity contribution in [2.45, 2.75) is 12.1 Å². The van der Waals surface area contributed by atoms with E-state index in [1.807, 2.05) is 47.9 Å². The molecule has 9 heteroatoms. The van der Waals surface area contributed by atoms with Crippen molar-refractivity contribution in [1.29, 1.82) is 0 Å². The van der Waals surface area contributed by atoms with Gasteiger partial charge in [-0.3, -0.25) is 19.5 Å². The first-order valence-electron chi connectivity index (χ1n) is 9.79. The van der Waals surface area contributed by atoms with E-state index >= 15 is 0 Å². The zero-order valence-electron chi connectivity index (χ0n) is 17.4. The first-order chi connectivity index (χ1) is 15.4. The number of nitrogens with zero attached hydrogens (tertiary/aromatic N) is 4. The third-order valence-corrected chi connectivity index (χ3v) is 5.97. The SMILES string of the molecule is Cc1ccc(-n2c(SCC(=O)NC(=O)c3cccn3C)nnc2-c2ccc(Cl)cc2)cc1. The quantitative estimate of drug-likeness (QED) is 0.430. The third kappa shape index (κ3) is 4.76. The number of imide groups is 1. The Morgan fingerprint density at radius 1 is 1.03 bits per heavy atom. The highest BCUT2D eigenvalue weighted by molar-refractivity contribution is 7.99. The zero-order chi connectivity index (χ0) is 22.7. The second-order valence-electron chi connectivity index (χ2n) is 7.15. The molecule has 0 radical (unpaired) electrons. The highest BCUT2D eigenvalue weighted by Gasteiger charge is 2.19. The van der Waals surface area contributed by atoms with Gasteiger partial charge in [0.15, 0.2) is 11.0 Å². The Morgan fingerprint density at radius 3 is 2.41 bits per heavy atom. The monoisotopic (exact) mass is 465 g/mol. The molecule has 0 aliphatic carbocycles. The Balaban J connectivity index is 1.57. The highest BCUT2D eigenvalue weighted by atomic mass is 35.5. The molecule has 0 bridgehead atoms. The van der Waals surface area contributed by atoms with Crippen LogP contribution in [0.2, 0.25) is 5.02 Å². The van der Waals surface area contributed by atoms with Crippen molar-refractivity contribution in [2.24, 2.45) is 7.05 Å². The Hall–Kier alpha value is -3.36. The number of thioether (sulfide) groups is 1. The van der Waals surface area contributed by atoms with Crippen LogP contribution in [0.3, 0.4) is 0 Å². The lowest BCUT2D eigenvalue weighted by Crippen LogP contribution is -2.33. The number of carbonyl (C=O) groups excluding carboxylic acids is 2. The standard InChI is InChI=1S/C23H20ClN5O2S/c1-15-5-11-18(12-6-15)29-21(16-7-9-17(24)10-8-16)26-27-23(29)32-14-20(30)25-22(31)19-4-3-13-28(19)2/h3-13H,14H2,1-2H3,(H,25,30,31). The van der Waals surface area contributed by atoms with Gasteiger partial charge in [-0.2, -0.15) is 0 Å². The maximum absolute atomic E-state index is 12.4. The third-order valence-electron chi connectivity index (χ3n) is 4.79. The molecule has 2 aromatic heterocycles. The van der Waals surface area contributed by atoms with E-state index in [-0.39, 0.29) is 5.75 Å². The zero-order valence-corrected chi connectivity index (χ0v) is 19.0. The topological polar surface area (TPSA) is 81.8 Å². The van der Waals surface area contributed by atoms with E-state index < -0.39 is 11.8 Å². The van der Waals surface area contributed by atoms with Gasteiger partial charge in [-0.05, 0) is 55.5 Å². The van der Waals surface area contributed by atoms with Crippen LogP contribution in [-0.2, 0) is 11.8 Å². The average molecular weight is 466 g/mol. The minimum atomic E-state index is -0.440. The summed E-state index contributed by atoms with van der Waals surface area (Å²) in [6.45, 7) is 2.01. The maximum atomic E-state index is 12.4. The Morgan fingerprint density at radius 2 is 1.75 bits per heavy atom. The highest BCUT2D eigenvalue weighted by Crippen LogP contribution is 2.28. The summed E-state index contributed by atoms with van der Waals surface area (Å²) in [6.07, 6.45) is 1.75. The Kier molecular flexibility index (Phi) is 6.43. The van der Waals surface area contributed by atoms with E-state index in [0.717, 1.165) is 16.8 Å². The first kappa shape index (κ1) is 21.9. The van der Waals surface area contributed by atoms with E-state index in [1.54, 1.807) is 42.1 Å². The number of halogens is 1. The number of aryl methyl sites for hydroxylation is 2. The fourth-order valence-electron chi connectivity index (χ4n) is 3.13. The number of aromatic nitrogens is 4. The van der Waals surface area contributed by atoms with Gasteiger partial charge in [-0.15, -0.1) is 10.2 Å². The number of benzene rings is 2. The first-order valence-corrected chi connectivity index (χ1v) is 11.2. The van der Waals surface area contributed by atoms with Gasteiger partial charge in [0.25, 0.3) is 5.91 Å². The number of nitrogens with one attached hydrogen (secondary N) is 1. The van der Waals surface area contributed by atoms with E-state index in [1.165, 1.54) is 11.8 Å². The minimum absolute atomic E-state index is 0.0147.